The van der Waals surface area contributed by atoms with Crippen LogP contribution in [0.5, 0.6) is 0 Å². The maximum absolute atomic E-state index is 3.49. The van der Waals surface area contributed by atoms with Crippen molar-refractivity contribution in [3.8, 4) is 0 Å². The Labute approximate surface area is 124 Å². The number of rotatable bonds is 5. The quantitative estimate of drug-likeness (QED) is 0.834. The predicted molar refractivity (Wildman–Crippen MR) is 87.0 cm³/mol. The molecular formula is C16H32N2S. The lowest BCUT2D eigenvalue weighted by Gasteiger charge is -2.42. The lowest BCUT2D eigenvalue weighted by Crippen LogP contribution is -2.47. The van der Waals surface area contributed by atoms with Gasteiger partial charge in [0.25, 0.3) is 0 Å². The molecule has 2 aliphatic heterocycles. The van der Waals surface area contributed by atoms with Gasteiger partial charge in [0.15, 0.2) is 0 Å². The number of hydrogen-bond acceptors (Lipinski definition) is 3. The van der Waals surface area contributed by atoms with Gasteiger partial charge in [0.2, 0.25) is 0 Å². The molecule has 0 amide bonds. The molecule has 0 radical (unpaired) electrons. The van der Waals surface area contributed by atoms with Crippen molar-refractivity contribution in [3.05, 3.63) is 0 Å². The first-order valence-corrected chi connectivity index (χ1v) is 9.29. The molecule has 2 fully saturated rings. The van der Waals surface area contributed by atoms with Gasteiger partial charge in [-0.2, -0.15) is 11.8 Å². The summed E-state index contributed by atoms with van der Waals surface area (Å²) in [6, 6.07) is 0.823. The molecule has 19 heavy (non-hydrogen) atoms. The van der Waals surface area contributed by atoms with Crippen molar-refractivity contribution >= 4 is 11.8 Å². The van der Waals surface area contributed by atoms with Crippen LogP contribution in [0.1, 0.15) is 46.5 Å². The number of nitrogens with zero attached hydrogens (tertiary/aromatic N) is 1. The number of hydrogen-bond donors (Lipinski definition) is 1. The first-order chi connectivity index (χ1) is 9.11. The van der Waals surface area contributed by atoms with Crippen LogP contribution in [-0.2, 0) is 0 Å². The summed E-state index contributed by atoms with van der Waals surface area (Å²) >= 11 is 2.17. The maximum Gasteiger partial charge on any atom is 0.0191 e. The molecule has 0 saturated carbocycles. The highest BCUT2D eigenvalue weighted by Crippen LogP contribution is 2.36. The fourth-order valence-corrected chi connectivity index (χ4v) is 4.96. The van der Waals surface area contributed by atoms with E-state index in [0.29, 0.717) is 5.41 Å². The third-order valence-electron chi connectivity index (χ3n) is 4.57. The van der Waals surface area contributed by atoms with Crippen LogP contribution < -0.4 is 5.32 Å². The van der Waals surface area contributed by atoms with Gasteiger partial charge >= 0.3 is 0 Å². The molecule has 1 N–H and O–H groups in total. The fourth-order valence-electron chi connectivity index (χ4n) is 3.57. The highest BCUT2D eigenvalue weighted by atomic mass is 32.2. The zero-order chi connectivity index (χ0) is 13.7. The molecule has 2 nitrogen and oxygen atoms in total. The number of nitrogens with one attached hydrogen (secondary N) is 1. The van der Waals surface area contributed by atoms with Gasteiger partial charge < -0.3 is 5.32 Å². The lowest BCUT2D eigenvalue weighted by molar-refractivity contribution is 0.128. The second-order valence-corrected chi connectivity index (χ2v) is 8.26. The van der Waals surface area contributed by atoms with Crippen molar-refractivity contribution in [2.24, 2.45) is 11.3 Å². The summed E-state index contributed by atoms with van der Waals surface area (Å²) in [4.78, 5) is 2.82. The highest BCUT2D eigenvalue weighted by molar-refractivity contribution is 7.99. The summed E-state index contributed by atoms with van der Waals surface area (Å²) < 4.78 is 0. The Morgan fingerprint density at radius 2 is 2.00 bits per heavy atom. The minimum Gasteiger partial charge on any atom is -0.317 e. The minimum absolute atomic E-state index is 0.535. The molecule has 0 aromatic rings. The van der Waals surface area contributed by atoms with E-state index in [0.717, 1.165) is 12.0 Å². The largest absolute Gasteiger partial charge is 0.317 e. The Morgan fingerprint density at radius 1 is 1.26 bits per heavy atom. The van der Waals surface area contributed by atoms with E-state index in [4.69, 9.17) is 0 Å². The van der Waals surface area contributed by atoms with Crippen LogP contribution in [0.3, 0.4) is 0 Å². The first kappa shape index (κ1) is 15.7. The Kier molecular flexibility index (Phi) is 6.04. The van der Waals surface area contributed by atoms with Gasteiger partial charge in [-0.15, -0.1) is 0 Å². The fraction of sp³-hybridized carbons (Fsp3) is 1.00. The van der Waals surface area contributed by atoms with E-state index in [1.807, 2.05) is 0 Å². The summed E-state index contributed by atoms with van der Waals surface area (Å²) in [6.45, 7) is 12.3. The van der Waals surface area contributed by atoms with Gasteiger partial charge in [0.05, 0.1) is 0 Å². The highest BCUT2D eigenvalue weighted by Gasteiger charge is 2.32. The van der Waals surface area contributed by atoms with Gasteiger partial charge in [-0.25, -0.2) is 0 Å². The topological polar surface area (TPSA) is 15.3 Å². The second kappa shape index (κ2) is 7.33. The molecule has 0 aromatic carbocycles. The summed E-state index contributed by atoms with van der Waals surface area (Å²) in [7, 11) is 0. The summed E-state index contributed by atoms with van der Waals surface area (Å²) in [5, 5.41) is 3.49. The van der Waals surface area contributed by atoms with E-state index in [1.165, 1.54) is 63.4 Å². The van der Waals surface area contributed by atoms with Crippen LogP contribution in [0.25, 0.3) is 0 Å². The summed E-state index contributed by atoms with van der Waals surface area (Å²) in [5.74, 6) is 3.63. The van der Waals surface area contributed by atoms with Crippen molar-refractivity contribution in [1.82, 2.24) is 10.2 Å². The standard InChI is InChI=1S/C16H32N2S/c1-4-9-18(11-14-5-7-17-8-6-14)15-10-16(2,3)13-19-12-15/h14-15,17H,4-13H2,1-3H3. The average Bonchev–Trinajstić information content (AvgIpc) is 2.38. The van der Waals surface area contributed by atoms with Gasteiger partial charge in [-0.3, -0.25) is 4.90 Å². The lowest BCUT2D eigenvalue weighted by atomic mass is 9.86. The molecule has 2 saturated heterocycles. The van der Waals surface area contributed by atoms with Gasteiger partial charge in [0.1, 0.15) is 0 Å². The predicted octanol–water partition coefficient (Wildman–Crippen LogP) is 3.23. The molecule has 0 aromatic heterocycles. The summed E-state index contributed by atoms with van der Waals surface area (Å²) in [6.07, 6.45) is 5.45. The molecule has 2 rings (SSSR count). The Morgan fingerprint density at radius 3 is 2.63 bits per heavy atom. The third-order valence-corrected chi connectivity index (χ3v) is 6.18. The molecular weight excluding hydrogens is 252 g/mol. The van der Waals surface area contributed by atoms with E-state index in [1.54, 1.807) is 0 Å². The van der Waals surface area contributed by atoms with Crippen molar-refractivity contribution < 1.29 is 0 Å². The monoisotopic (exact) mass is 284 g/mol. The molecule has 1 unspecified atom stereocenters. The molecule has 0 aliphatic carbocycles. The van der Waals surface area contributed by atoms with Crippen LogP contribution in [-0.4, -0.2) is 48.6 Å². The van der Waals surface area contributed by atoms with Crippen LogP contribution in [0.2, 0.25) is 0 Å². The smallest absolute Gasteiger partial charge is 0.0191 e. The third kappa shape index (κ3) is 4.95. The van der Waals surface area contributed by atoms with Crippen molar-refractivity contribution in [1.29, 1.82) is 0 Å². The maximum atomic E-state index is 3.49. The number of piperidine rings is 1. The van der Waals surface area contributed by atoms with E-state index in [2.05, 4.69) is 42.7 Å². The van der Waals surface area contributed by atoms with Gasteiger partial charge in [0, 0.05) is 18.3 Å². The minimum atomic E-state index is 0.535. The Hall–Kier alpha value is 0.270. The zero-order valence-corrected chi connectivity index (χ0v) is 13.9. The van der Waals surface area contributed by atoms with E-state index < -0.39 is 0 Å². The van der Waals surface area contributed by atoms with Crippen LogP contribution in [0, 0.1) is 11.3 Å². The Bertz CT molecular complexity index is 261. The molecule has 2 aliphatic rings. The molecule has 0 bridgehead atoms. The van der Waals surface area contributed by atoms with Crippen LogP contribution in [0.4, 0.5) is 0 Å². The molecule has 1 atom stereocenters. The average molecular weight is 285 g/mol. The SMILES string of the molecule is CCCN(CC1CCNCC1)C1CSCC(C)(C)C1. The summed E-state index contributed by atoms with van der Waals surface area (Å²) in [5.41, 5.74) is 0.535. The van der Waals surface area contributed by atoms with Gasteiger partial charge in [-0.1, -0.05) is 20.8 Å². The molecule has 0 spiro atoms. The first-order valence-electron chi connectivity index (χ1n) is 8.13. The van der Waals surface area contributed by atoms with Crippen molar-refractivity contribution in [2.75, 3.05) is 37.7 Å². The van der Waals surface area contributed by atoms with E-state index in [9.17, 15) is 0 Å². The van der Waals surface area contributed by atoms with E-state index >= 15 is 0 Å². The second-order valence-electron chi connectivity index (χ2n) is 7.23. The molecule has 112 valence electrons. The van der Waals surface area contributed by atoms with Crippen molar-refractivity contribution in [2.45, 2.75) is 52.5 Å². The zero-order valence-electron chi connectivity index (χ0n) is 13.1. The number of thioether (sulfide) groups is 1. The molecule has 3 heteroatoms. The van der Waals surface area contributed by atoms with Crippen LogP contribution in [0.15, 0.2) is 0 Å². The molecule has 2 heterocycles. The van der Waals surface area contributed by atoms with E-state index in [-0.39, 0.29) is 0 Å². The van der Waals surface area contributed by atoms with Crippen molar-refractivity contribution in [3.63, 3.8) is 0 Å². The Balaban J connectivity index is 1.90. The van der Waals surface area contributed by atoms with Gasteiger partial charge in [-0.05, 0) is 62.4 Å². The normalized spacial score (nSPS) is 28.7. The van der Waals surface area contributed by atoms with Crippen LogP contribution >= 0.6 is 11.8 Å².